The van der Waals surface area contributed by atoms with Crippen LogP contribution >= 0.6 is 11.8 Å². The summed E-state index contributed by atoms with van der Waals surface area (Å²) in [6.07, 6.45) is 4.04. The van der Waals surface area contributed by atoms with Gasteiger partial charge in [0.05, 0.1) is 0 Å². The molecule has 1 nitrogen and oxygen atoms in total. The Bertz CT molecular complexity index is 433. The van der Waals surface area contributed by atoms with Crippen LogP contribution in [0, 0.1) is 0 Å². The first-order valence-electron chi connectivity index (χ1n) is 7.19. The smallest absolute Gasteiger partial charge is 0.0110 e. The van der Waals surface area contributed by atoms with Crippen molar-refractivity contribution in [1.29, 1.82) is 0 Å². The first-order valence-corrected chi connectivity index (χ1v) is 8.18. The summed E-state index contributed by atoms with van der Waals surface area (Å²) in [6.45, 7) is 6.97. The van der Waals surface area contributed by atoms with E-state index in [-0.39, 0.29) is 0 Å². The summed E-state index contributed by atoms with van der Waals surface area (Å²) in [7, 11) is 0. The molecule has 0 aromatic heterocycles. The zero-order valence-electron chi connectivity index (χ0n) is 11.5. The molecule has 0 saturated carbocycles. The minimum atomic E-state index is 0.434. The second kappa shape index (κ2) is 4.90. The summed E-state index contributed by atoms with van der Waals surface area (Å²) in [4.78, 5) is 1.54. The molecule has 2 aliphatic rings. The van der Waals surface area contributed by atoms with Crippen LogP contribution in [0.1, 0.15) is 50.2 Å². The van der Waals surface area contributed by atoms with Gasteiger partial charge in [-0.25, -0.2) is 0 Å². The molecule has 0 bridgehead atoms. The average molecular weight is 261 g/mol. The Morgan fingerprint density at radius 1 is 1.28 bits per heavy atom. The maximum absolute atomic E-state index is 3.59. The highest BCUT2D eigenvalue weighted by Crippen LogP contribution is 2.44. The lowest BCUT2D eigenvalue weighted by Gasteiger charge is -2.29. The molecule has 1 atom stereocenters. The van der Waals surface area contributed by atoms with Crippen molar-refractivity contribution in [2.24, 2.45) is 0 Å². The van der Waals surface area contributed by atoms with Crippen LogP contribution in [0.25, 0.3) is 0 Å². The first-order chi connectivity index (χ1) is 8.71. The van der Waals surface area contributed by atoms with Crippen molar-refractivity contribution >= 4 is 11.8 Å². The zero-order valence-corrected chi connectivity index (χ0v) is 12.3. The van der Waals surface area contributed by atoms with Gasteiger partial charge in [0, 0.05) is 16.9 Å². The van der Waals surface area contributed by atoms with Crippen molar-refractivity contribution < 1.29 is 0 Å². The second-order valence-electron chi connectivity index (χ2n) is 6.07. The summed E-state index contributed by atoms with van der Waals surface area (Å²) in [5, 5.41) is 3.59. The summed E-state index contributed by atoms with van der Waals surface area (Å²) in [6, 6.07) is 7.21. The third-order valence-electron chi connectivity index (χ3n) is 4.54. The largest absolute Gasteiger partial charge is 0.316 e. The van der Waals surface area contributed by atoms with Crippen molar-refractivity contribution in [3.05, 3.63) is 29.3 Å². The maximum atomic E-state index is 3.59. The Morgan fingerprint density at radius 3 is 2.89 bits per heavy atom. The van der Waals surface area contributed by atoms with Gasteiger partial charge in [0.1, 0.15) is 0 Å². The highest BCUT2D eigenvalue weighted by Gasteiger charge is 2.38. The van der Waals surface area contributed by atoms with Crippen molar-refractivity contribution in [2.75, 3.05) is 18.8 Å². The molecule has 2 heteroatoms. The van der Waals surface area contributed by atoms with Crippen molar-refractivity contribution in [3.8, 4) is 0 Å². The van der Waals surface area contributed by atoms with E-state index in [1.165, 1.54) is 43.7 Å². The Kier molecular flexibility index (Phi) is 3.42. The Morgan fingerprint density at radius 2 is 2.17 bits per heavy atom. The molecule has 98 valence electrons. The fourth-order valence-electron chi connectivity index (χ4n) is 3.36. The van der Waals surface area contributed by atoms with Gasteiger partial charge in [-0.2, -0.15) is 0 Å². The van der Waals surface area contributed by atoms with E-state index in [1.807, 2.05) is 0 Å². The highest BCUT2D eigenvalue weighted by atomic mass is 32.2. The molecular weight excluding hydrogens is 238 g/mol. The number of benzene rings is 1. The molecule has 18 heavy (non-hydrogen) atoms. The highest BCUT2D eigenvalue weighted by molar-refractivity contribution is 7.99. The lowest BCUT2D eigenvalue weighted by atomic mass is 9.75. The number of hydrogen-bond donors (Lipinski definition) is 1. The molecule has 0 radical (unpaired) electrons. The predicted molar refractivity (Wildman–Crippen MR) is 79.7 cm³/mol. The van der Waals surface area contributed by atoms with Gasteiger partial charge >= 0.3 is 0 Å². The molecule has 0 aliphatic carbocycles. The molecule has 1 unspecified atom stereocenters. The molecule has 1 aromatic carbocycles. The SMILES string of the molecule is CC(C)c1ccc2c(c1)C1(CCCS2)CCNC1. The standard InChI is InChI=1S/C16H23NS/c1-12(2)13-4-5-15-14(10-13)16(6-3-9-18-15)7-8-17-11-16/h4-5,10,12,17H,3,6-9,11H2,1-2H3. The van der Waals surface area contributed by atoms with E-state index in [0.29, 0.717) is 11.3 Å². The summed E-state index contributed by atoms with van der Waals surface area (Å²) in [5.41, 5.74) is 3.58. The van der Waals surface area contributed by atoms with Crippen molar-refractivity contribution in [2.45, 2.75) is 49.3 Å². The normalized spacial score (nSPS) is 27.5. The molecule has 1 aromatic rings. The van der Waals surface area contributed by atoms with Gasteiger partial charge in [0.15, 0.2) is 0 Å². The Balaban J connectivity index is 2.09. The molecule has 3 rings (SSSR count). The summed E-state index contributed by atoms with van der Waals surface area (Å²) in [5.74, 6) is 1.92. The molecule has 1 saturated heterocycles. The minimum Gasteiger partial charge on any atom is -0.316 e. The van der Waals surface area contributed by atoms with Crippen LogP contribution in [0.5, 0.6) is 0 Å². The molecule has 1 fully saturated rings. The number of thioether (sulfide) groups is 1. The fourth-order valence-corrected chi connectivity index (χ4v) is 4.47. The maximum Gasteiger partial charge on any atom is 0.0110 e. The van der Waals surface area contributed by atoms with Gasteiger partial charge in [-0.05, 0) is 54.7 Å². The van der Waals surface area contributed by atoms with E-state index in [1.54, 1.807) is 10.5 Å². The molecular formula is C16H23NS. The number of hydrogen-bond acceptors (Lipinski definition) is 2. The van der Waals surface area contributed by atoms with Crippen molar-refractivity contribution in [3.63, 3.8) is 0 Å². The predicted octanol–water partition coefficient (Wildman–Crippen LogP) is 3.93. The van der Waals surface area contributed by atoms with E-state index >= 15 is 0 Å². The van der Waals surface area contributed by atoms with Crippen LogP contribution in [0.2, 0.25) is 0 Å². The van der Waals surface area contributed by atoms with Crippen LogP contribution in [0.3, 0.4) is 0 Å². The number of rotatable bonds is 1. The van der Waals surface area contributed by atoms with Crippen molar-refractivity contribution in [1.82, 2.24) is 5.32 Å². The molecule has 2 heterocycles. The van der Waals surface area contributed by atoms with Crippen LogP contribution in [-0.4, -0.2) is 18.8 Å². The minimum absolute atomic E-state index is 0.434. The van der Waals surface area contributed by atoms with E-state index in [2.05, 4.69) is 49.1 Å². The van der Waals surface area contributed by atoms with Gasteiger partial charge in [-0.15, -0.1) is 11.8 Å². The monoisotopic (exact) mass is 261 g/mol. The lowest BCUT2D eigenvalue weighted by Crippen LogP contribution is -2.29. The van der Waals surface area contributed by atoms with Gasteiger partial charge in [-0.3, -0.25) is 0 Å². The van der Waals surface area contributed by atoms with E-state index in [4.69, 9.17) is 0 Å². The van der Waals surface area contributed by atoms with E-state index in [9.17, 15) is 0 Å². The van der Waals surface area contributed by atoms with E-state index in [0.717, 1.165) is 0 Å². The fraction of sp³-hybridized carbons (Fsp3) is 0.625. The van der Waals surface area contributed by atoms with Gasteiger partial charge < -0.3 is 5.32 Å². The Hall–Kier alpha value is -0.470. The summed E-state index contributed by atoms with van der Waals surface area (Å²) >= 11 is 2.06. The van der Waals surface area contributed by atoms with Crippen LogP contribution in [-0.2, 0) is 5.41 Å². The average Bonchev–Trinajstić information content (AvgIpc) is 2.76. The topological polar surface area (TPSA) is 12.0 Å². The summed E-state index contributed by atoms with van der Waals surface area (Å²) < 4.78 is 0. The molecule has 1 spiro atoms. The quantitative estimate of drug-likeness (QED) is 0.822. The van der Waals surface area contributed by atoms with Crippen LogP contribution in [0.4, 0.5) is 0 Å². The second-order valence-corrected chi connectivity index (χ2v) is 7.21. The van der Waals surface area contributed by atoms with Gasteiger partial charge in [0.25, 0.3) is 0 Å². The van der Waals surface area contributed by atoms with E-state index < -0.39 is 0 Å². The van der Waals surface area contributed by atoms with Crippen LogP contribution < -0.4 is 5.32 Å². The zero-order chi connectivity index (χ0) is 12.6. The number of fused-ring (bicyclic) bond motifs is 2. The van der Waals surface area contributed by atoms with Crippen LogP contribution in [0.15, 0.2) is 23.1 Å². The van der Waals surface area contributed by atoms with Gasteiger partial charge in [-0.1, -0.05) is 26.0 Å². The molecule has 2 aliphatic heterocycles. The number of nitrogens with one attached hydrogen (secondary N) is 1. The lowest BCUT2D eigenvalue weighted by molar-refractivity contribution is 0.425. The third-order valence-corrected chi connectivity index (χ3v) is 5.70. The third kappa shape index (κ3) is 2.10. The van der Waals surface area contributed by atoms with Gasteiger partial charge in [0.2, 0.25) is 0 Å². The first kappa shape index (κ1) is 12.6. The molecule has 0 amide bonds. The molecule has 1 N–H and O–H groups in total. The Labute approximate surface area is 115 Å².